The molecule has 0 aromatic heterocycles. The van der Waals surface area contributed by atoms with E-state index in [2.05, 4.69) is 55.3 Å². The Morgan fingerprint density at radius 3 is 2.32 bits per heavy atom. The van der Waals surface area contributed by atoms with Crippen molar-refractivity contribution >= 4 is 17.5 Å². The molecule has 5 heteroatoms. The lowest BCUT2D eigenvalue weighted by atomic mass is 9.76. The van der Waals surface area contributed by atoms with Crippen LogP contribution in [0.15, 0.2) is 24.3 Å². The second-order valence-electron chi connectivity index (χ2n) is 10.2. The van der Waals surface area contributed by atoms with E-state index in [1.54, 1.807) is 0 Å². The van der Waals surface area contributed by atoms with Crippen molar-refractivity contribution in [3.05, 3.63) is 29.8 Å². The molecule has 1 aromatic carbocycles. The van der Waals surface area contributed by atoms with E-state index in [4.69, 9.17) is 0 Å². The molecule has 3 fully saturated rings. The summed E-state index contributed by atoms with van der Waals surface area (Å²) >= 11 is 0. The zero-order valence-corrected chi connectivity index (χ0v) is 19.5. The van der Waals surface area contributed by atoms with Crippen molar-refractivity contribution in [3.8, 4) is 0 Å². The maximum Gasteiger partial charge on any atom is 0.237 e. The monoisotopic (exact) mass is 425 g/mol. The van der Waals surface area contributed by atoms with E-state index in [-0.39, 0.29) is 23.3 Å². The fourth-order valence-electron chi connectivity index (χ4n) is 5.49. The van der Waals surface area contributed by atoms with Crippen molar-refractivity contribution in [2.45, 2.75) is 77.7 Å². The Morgan fingerprint density at radius 2 is 1.74 bits per heavy atom. The number of unbranched alkanes of at least 4 members (excludes halogenated alkanes) is 1. The summed E-state index contributed by atoms with van der Waals surface area (Å²) in [5, 5.41) is 3.12. The van der Waals surface area contributed by atoms with E-state index >= 15 is 0 Å². The van der Waals surface area contributed by atoms with Gasteiger partial charge in [-0.15, -0.1) is 0 Å². The lowest BCUT2D eigenvalue weighted by Crippen LogP contribution is -2.55. The van der Waals surface area contributed by atoms with Gasteiger partial charge in [0.05, 0.1) is 11.5 Å². The topological polar surface area (TPSA) is 52.7 Å². The van der Waals surface area contributed by atoms with Gasteiger partial charge in [0.1, 0.15) is 0 Å². The summed E-state index contributed by atoms with van der Waals surface area (Å²) in [7, 11) is 0. The molecule has 1 aromatic rings. The lowest BCUT2D eigenvalue weighted by Gasteiger charge is -2.42. The van der Waals surface area contributed by atoms with E-state index in [1.165, 1.54) is 18.4 Å². The number of piperidine rings is 1. The van der Waals surface area contributed by atoms with Gasteiger partial charge in [0.25, 0.3) is 0 Å². The maximum atomic E-state index is 13.5. The molecule has 1 atom stereocenters. The van der Waals surface area contributed by atoms with Crippen molar-refractivity contribution < 1.29 is 9.59 Å². The third-order valence-corrected chi connectivity index (χ3v) is 7.64. The minimum absolute atomic E-state index is 0.100. The van der Waals surface area contributed by atoms with Crippen LogP contribution >= 0.6 is 0 Å². The molecule has 3 aliphatic rings. The first-order chi connectivity index (χ1) is 14.9. The van der Waals surface area contributed by atoms with E-state index in [9.17, 15) is 9.59 Å². The summed E-state index contributed by atoms with van der Waals surface area (Å²) in [6.45, 7) is 9.61. The Balaban J connectivity index is 1.37. The van der Waals surface area contributed by atoms with Gasteiger partial charge in [-0.25, -0.2) is 0 Å². The molecule has 0 radical (unpaired) electrons. The molecular weight excluding hydrogens is 386 g/mol. The van der Waals surface area contributed by atoms with Gasteiger partial charge in [0.2, 0.25) is 11.8 Å². The van der Waals surface area contributed by atoms with E-state index in [0.29, 0.717) is 5.91 Å². The fraction of sp³-hybridized carbons (Fsp3) is 0.692. The number of anilines is 1. The van der Waals surface area contributed by atoms with Crippen LogP contribution in [0, 0.1) is 11.3 Å². The van der Waals surface area contributed by atoms with Crippen LogP contribution in [0.4, 0.5) is 5.69 Å². The Kier molecular flexibility index (Phi) is 6.71. The quantitative estimate of drug-likeness (QED) is 0.631. The van der Waals surface area contributed by atoms with Crippen LogP contribution in [0.5, 0.6) is 0 Å². The summed E-state index contributed by atoms with van der Waals surface area (Å²) < 4.78 is 0. The molecule has 1 unspecified atom stereocenters. The number of nitrogens with zero attached hydrogens (tertiary/aromatic N) is 2. The number of carbonyl (C=O) groups excluding carboxylic acids is 2. The van der Waals surface area contributed by atoms with Gasteiger partial charge >= 0.3 is 0 Å². The molecule has 1 N–H and O–H groups in total. The highest BCUT2D eigenvalue weighted by Gasteiger charge is 2.49. The molecule has 2 heterocycles. The maximum absolute atomic E-state index is 13.5. The normalized spacial score (nSPS) is 22.3. The summed E-state index contributed by atoms with van der Waals surface area (Å²) in [5.41, 5.74) is 2.21. The van der Waals surface area contributed by atoms with Gasteiger partial charge in [-0.1, -0.05) is 39.3 Å². The highest BCUT2D eigenvalue weighted by Crippen LogP contribution is 2.45. The SMILES string of the molecule is CCCCNC(=O)C(C(C)C)N1CCC2(CCN(c3ccc(C4CC4)cc3)C2=O)CC1. The first kappa shape index (κ1) is 22.3. The molecule has 5 nitrogen and oxygen atoms in total. The smallest absolute Gasteiger partial charge is 0.237 e. The van der Waals surface area contributed by atoms with Crippen LogP contribution in [0.1, 0.15) is 77.2 Å². The second-order valence-corrected chi connectivity index (χ2v) is 10.2. The summed E-state index contributed by atoms with van der Waals surface area (Å²) in [6, 6.07) is 8.58. The number of carbonyl (C=O) groups is 2. The Labute approximate surface area is 187 Å². The lowest BCUT2D eigenvalue weighted by molar-refractivity contribution is -0.132. The number of hydrogen-bond donors (Lipinski definition) is 1. The molecule has 0 bridgehead atoms. The van der Waals surface area contributed by atoms with Crippen LogP contribution in [0.3, 0.4) is 0 Å². The number of amides is 2. The number of hydrogen-bond acceptors (Lipinski definition) is 3. The highest BCUT2D eigenvalue weighted by atomic mass is 16.2. The number of nitrogens with one attached hydrogen (secondary N) is 1. The van der Waals surface area contributed by atoms with Crippen molar-refractivity contribution in [2.24, 2.45) is 11.3 Å². The van der Waals surface area contributed by atoms with Gasteiger partial charge in [0.15, 0.2) is 0 Å². The number of benzene rings is 1. The fourth-order valence-corrected chi connectivity index (χ4v) is 5.49. The molecule has 31 heavy (non-hydrogen) atoms. The standard InChI is InChI=1S/C26H39N3O2/c1-4-5-15-27-24(30)23(19(2)3)28-16-12-26(13-17-28)14-18-29(25(26)31)22-10-8-21(9-11-22)20-6-7-20/h8-11,19-20,23H,4-7,12-18H2,1-3H3,(H,27,30). The highest BCUT2D eigenvalue weighted by molar-refractivity contribution is 6.00. The number of likely N-dealkylation sites (tertiary alicyclic amines) is 1. The first-order valence-electron chi connectivity index (χ1n) is 12.4. The Hall–Kier alpha value is -1.88. The molecule has 1 spiro atoms. The Bertz CT molecular complexity index is 776. The summed E-state index contributed by atoms with van der Waals surface area (Å²) in [5.74, 6) is 1.44. The van der Waals surface area contributed by atoms with Crippen LogP contribution in [0.25, 0.3) is 0 Å². The van der Waals surface area contributed by atoms with Gasteiger partial charge in [-0.2, -0.15) is 0 Å². The molecule has 2 saturated heterocycles. The minimum atomic E-state index is -0.244. The Morgan fingerprint density at radius 1 is 1.10 bits per heavy atom. The molecule has 2 aliphatic heterocycles. The van der Waals surface area contributed by atoms with Crippen LogP contribution < -0.4 is 10.2 Å². The van der Waals surface area contributed by atoms with Gasteiger partial charge in [-0.05, 0) is 81.1 Å². The molecule has 1 aliphatic carbocycles. The zero-order valence-electron chi connectivity index (χ0n) is 19.5. The predicted octanol–water partition coefficient (Wildman–Crippen LogP) is 4.32. The van der Waals surface area contributed by atoms with Gasteiger partial charge < -0.3 is 10.2 Å². The summed E-state index contributed by atoms with van der Waals surface area (Å²) in [6.07, 6.45) is 7.35. The average molecular weight is 426 g/mol. The van der Waals surface area contributed by atoms with Crippen molar-refractivity contribution in [1.29, 1.82) is 0 Å². The van der Waals surface area contributed by atoms with E-state index < -0.39 is 0 Å². The average Bonchev–Trinajstić information content (AvgIpc) is 3.56. The van der Waals surface area contributed by atoms with E-state index in [0.717, 1.165) is 69.9 Å². The molecular formula is C26H39N3O2. The molecule has 1 saturated carbocycles. The summed E-state index contributed by atoms with van der Waals surface area (Å²) in [4.78, 5) is 30.6. The second kappa shape index (κ2) is 9.32. The predicted molar refractivity (Wildman–Crippen MR) is 125 cm³/mol. The zero-order chi connectivity index (χ0) is 22.0. The molecule has 170 valence electrons. The first-order valence-corrected chi connectivity index (χ1v) is 12.4. The van der Waals surface area contributed by atoms with Crippen molar-refractivity contribution in [1.82, 2.24) is 10.2 Å². The van der Waals surface area contributed by atoms with E-state index in [1.807, 2.05) is 4.90 Å². The van der Waals surface area contributed by atoms with Crippen LogP contribution in [0.2, 0.25) is 0 Å². The van der Waals surface area contributed by atoms with Gasteiger partial charge in [0, 0.05) is 18.8 Å². The molecule has 2 amide bonds. The van der Waals surface area contributed by atoms with Crippen molar-refractivity contribution in [2.75, 3.05) is 31.1 Å². The van der Waals surface area contributed by atoms with Crippen LogP contribution in [-0.2, 0) is 9.59 Å². The largest absolute Gasteiger partial charge is 0.355 e. The van der Waals surface area contributed by atoms with Crippen molar-refractivity contribution in [3.63, 3.8) is 0 Å². The van der Waals surface area contributed by atoms with Gasteiger partial charge in [-0.3, -0.25) is 14.5 Å². The van der Waals surface area contributed by atoms with Crippen LogP contribution in [-0.4, -0.2) is 48.9 Å². The third-order valence-electron chi connectivity index (χ3n) is 7.64. The minimum Gasteiger partial charge on any atom is -0.355 e. The number of rotatable bonds is 8. The molecule has 4 rings (SSSR count). The third kappa shape index (κ3) is 4.67.